The highest BCUT2D eigenvalue weighted by molar-refractivity contribution is 7.25. The maximum Gasteiger partial charge on any atom is 0.0547 e. The Balaban J connectivity index is 1.58. The van der Waals surface area contributed by atoms with Crippen molar-refractivity contribution in [2.45, 2.75) is 0 Å². The lowest BCUT2D eigenvalue weighted by atomic mass is 10.0. The topological polar surface area (TPSA) is 4.93 Å². The number of rotatable bonds is 2. The van der Waals surface area contributed by atoms with Crippen LogP contribution in [0.25, 0.3) is 58.8 Å². The number of para-hydroxylation sites is 1. The Morgan fingerprint density at radius 3 is 2.16 bits per heavy atom. The van der Waals surface area contributed by atoms with Gasteiger partial charge in [-0.3, -0.25) is 0 Å². The minimum absolute atomic E-state index is 1.20. The van der Waals surface area contributed by atoms with Gasteiger partial charge in [-0.15, -0.1) is 11.3 Å². The molecule has 0 saturated heterocycles. The monoisotopic (exact) mass is 425 g/mol. The number of benzene rings is 5. The molecule has 0 atom stereocenters. The molecule has 32 heavy (non-hydrogen) atoms. The van der Waals surface area contributed by atoms with E-state index < -0.39 is 0 Å². The van der Waals surface area contributed by atoms with Gasteiger partial charge in [0.15, 0.2) is 0 Å². The smallest absolute Gasteiger partial charge is 0.0547 e. The summed E-state index contributed by atoms with van der Waals surface area (Å²) in [6, 6.07) is 41.8. The normalized spacial score (nSPS) is 11.8. The van der Waals surface area contributed by atoms with E-state index in [1.165, 1.54) is 58.8 Å². The van der Waals surface area contributed by atoms with Crippen LogP contribution in [0.3, 0.4) is 0 Å². The molecule has 0 amide bonds. The first-order valence-corrected chi connectivity index (χ1v) is 11.7. The van der Waals surface area contributed by atoms with Gasteiger partial charge in [0.1, 0.15) is 0 Å². The summed E-state index contributed by atoms with van der Waals surface area (Å²) in [7, 11) is 0. The molecular formula is C30H19NS. The first-order valence-electron chi connectivity index (χ1n) is 10.9. The maximum absolute atomic E-state index is 2.42. The van der Waals surface area contributed by atoms with Gasteiger partial charge < -0.3 is 4.57 Å². The maximum atomic E-state index is 2.42. The van der Waals surface area contributed by atoms with Crippen LogP contribution in [0.1, 0.15) is 0 Å². The fourth-order valence-electron chi connectivity index (χ4n) is 4.93. The molecule has 2 aromatic heterocycles. The Kier molecular flexibility index (Phi) is 3.78. The molecule has 5 aromatic carbocycles. The van der Waals surface area contributed by atoms with Crippen LogP contribution in [0.2, 0.25) is 0 Å². The van der Waals surface area contributed by atoms with E-state index in [1.807, 2.05) is 11.3 Å². The second kappa shape index (κ2) is 6.81. The molecule has 0 aliphatic heterocycles. The summed E-state index contributed by atoms with van der Waals surface area (Å²) in [5.74, 6) is 0. The summed E-state index contributed by atoms with van der Waals surface area (Å²) in [5, 5.41) is 6.45. The van der Waals surface area contributed by atoms with Crippen LogP contribution in [0.5, 0.6) is 0 Å². The van der Waals surface area contributed by atoms with Crippen LogP contribution in [-0.2, 0) is 0 Å². The minimum atomic E-state index is 1.20. The Morgan fingerprint density at radius 2 is 1.22 bits per heavy atom. The summed E-state index contributed by atoms with van der Waals surface area (Å²) in [6.45, 7) is 0. The van der Waals surface area contributed by atoms with Crippen molar-refractivity contribution in [1.29, 1.82) is 0 Å². The van der Waals surface area contributed by atoms with E-state index in [2.05, 4.69) is 120 Å². The van der Waals surface area contributed by atoms with E-state index in [0.29, 0.717) is 0 Å². The molecule has 2 heteroatoms. The first-order chi connectivity index (χ1) is 15.9. The van der Waals surface area contributed by atoms with Crippen molar-refractivity contribution < 1.29 is 0 Å². The third-order valence-electron chi connectivity index (χ3n) is 6.39. The first kappa shape index (κ1) is 17.8. The molecule has 0 radical (unpaired) electrons. The van der Waals surface area contributed by atoms with Crippen LogP contribution in [0.15, 0.2) is 115 Å². The lowest BCUT2D eigenvalue weighted by molar-refractivity contribution is 1.14. The van der Waals surface area contributed by atoms with E-state index in [0.717, 1.165) is 0 Å². The highest BCUT2D eigenvalue weighted by Gasteiger charge is 2.15. The molecule has 1 nitrogen and oxygen atoms in total. The molecule has 0 saturated carbocycles. The van der Waals surface area contributed by atoms with Crippen molar-refractivity contribution in [2.75, 3.05) is 0 Å². The van der Waals surface area contributed by atoms with Crippen molar-refractivity contribution in [3.8, 4) is 16.9 Å². The molecule has 2 heterocycles. The zero-order valence-corrected chi connectivity index (χ0v) is 18.1. The number of aromatic nitrogens is 1. The molecule has 0 bridgehead atoms. The van der Waals surface area contributed by atoms with Gasteiger partial charge in [0, 0.05) is 36.8 Å². The van der Waals surface area contributed by atoms with Crippen molar-refractivity contribution >= 4 is 53.2 Å². The van der Waals surface area contributed by atoms with Crippen LogP contribution >= 0.6 is 11.3 Å². The van der Waals surface area contributed by atoms with Crippen LogP contribution in [0.4, 0.5) is 0 Å². The zero-order chi connectivity index (χ0) is 21.1. The second-order valence-corrected chi connectivity index (χ2v) is 9.31. The average molecular weight is 426 g/mol. The molecular weight excluding hydrogens is 406 g/mol. The van der Waals surface area contributed by atoms with Gasteiger partial charge in [0.2, 0.25) is 0 Å². The molecule has 0 aliphatic rings. The molecule has 0 fully saturated rings. The number of hydrogen-bond donors (Lipinski definition) is 0. The van der Waals surface area contributed by atoms with Crippen LogP contribution < -0.4 is 0 Å². The van der Waals surface area contributed by atoms with Crippen molar-refractivity contribution in [1.82, 2.24) is 4.57 Å². The Hall–Kier alpha value is -3.88. The Labute approximate surface area is 189 Å². The predicted octanol–water partition coefficient (Wildman–Crippen LogP) is 8.82. The fourth-order valence-corrected chi connectivity index (χ4v) is 6.02. The number of nitrogens with zero attached hydrogens (tertiary/aromatic N) is 1. The molecule has 0 unspecified atom stereocenters. The molecule has 150 valence electrons. The molecule has 0 N–H and O–H groups in total. The van der Waals surface area contributed by atoms with E-state index in [9.17, 15) is 0 Å². The van der Waals surface area contributed by atoms with Crippen molar-refractivity contribution in [3.05, 3.63) is 115 Å². The van der Waals surface area contributed by atoms with Crippen molar-refractivity contribution in [2.24, 2.45) is 0 Å². The lowest BCUT2D eigenvalue weighted by Crippen LogP contribution is -1.97. The summed E-state index contributed by atoms with van der Waals surface area (Å²) in [5.41, 5.74) is 4.91. The molecule has 0 aliphatic carbocycles. The van der Waals surface area contributed by atoms with Gasteiger partial charge in [-0.2, -0.15) is 0 Å². The minimum Gasteiger partial charge on any atom is -0.309 e. The van der Waals surface area contributed by atoms with E-state index in [4.69, 9.17) is 0 Å². The summed E-state index contributed by atoms with van der Waals surface area (Å²) in [6.07, 6.45) is 0. The molecule has 7 aromatic rings. The Morgan fingerprint density at radius 1 is 0.500 bits per heavy atom. The van der Waals surface area contributed by atoms with Gasteiger partial charge >= 0.3 is 0 Å². The summed E-state index contributed by atoms with van der Waals surface area (Å²) in [4.78, 5) is 0. The number of fused-ring (bicyclic) bond motifs is 5. The number of thiophene rings is 1. The third-order valence-corrected chi connectivity index (χ3v) is 7.55. The van der Waals surface area contributed by atoms with Crippen LogP contribution in [-0.4, -0.2) is 4.57 Å². The van der Waals surface area contributed by atoms with E-state index in [1.54, 1.807) is 0 Å². The second-order valence-electron chi connectivity index (χ2n) is 8.23. The van der Waals surface area contributed by atoms with E-state index >= 15 is 0 Å². The third kappa shape index (κ3) is 2.57. The average Bonchev–Trinajstić information content (AvgIpc) is 3.42. The highest BCUT2D eigenvalue weighted by Crippen LogP contribution is 2.39. The van der Waals surface area contributed by atoms with E-state index in [-0.39, 0.29) is 0 Å². The van der Waals surface area contributed by atoms with Gasteiger partial charge in [0.05, 0.1) is 11.2 Å². The van der Waals surface area contributed by atoms with Gasteiger partial charge in [-0.05, 0) is 47.2 Å². The highest BCUT2D eigenvalue weighted by atomic mass is 32.1. The summed E-state index contributed by atoms with van der Waals surface area (Å²) >= 11 is 1.86. The fraction of sp³-hybridized carbons (Fsp3) is 0. The zero-order valence-electron chi connectivity index (χ0n) is 17.3. The van der Waals surface area contributed by atoms with Gasteiger partial charge in [-0.1, -0.05) is 78.9 Å². The van der Waals surface area contributed by atoms with Crippen LogP contribution in [0, 0.1) is 0 Å². The Bertz CT molecular complexity index is 1780. The van der Waals surface area contributed by atoms with Gasteiger partial charge in [-0.25, -0.2) is 0 Å². The number of hydrogen-bond acceptors (Lipinski definition) is 1. The van der Waals surface area contributed by atoms with Gasteiger partial charge in [0.25, 0.3) is 0 Å². The SMILES string of the molecule is c1ccc2c(-c3cc4ccccc4n3-c3ccc4sc5ccccc5c4c3)cccc2c1. The van der Waals surface area contributed by atoms with Crippen molar-refractivity contribution in [3.63, 3.8) is 0 Å². The lowest BCUT2D eigenvalue weighted by Gasteiger charge is -2.13. The standard InChI is InChI=1S/C30H19NS/c1-3-11-23-20(8-1)10-7-13-24(23)28-18-21-9-2-5-14-27(21)31(28)22-16-17-30-26(19-22)25-12-4-6-15-29(25)32-30/h1-19H. The molecule has 0 spiro atoms. The summed E-state index contributed by atoms with van der Waals surface area (Å²) < 4.78 is 5.09. The predicted molar refractivity (Wildman–Crippen MR) is 139 cm³/mol. The quantitative estimate of drug-likeness (QED) is 0.261. The largest absolute Gasteiger partial charge is 0.309 e. The molecule has 7 rings (SSSR count).